The summed E-state index contributed by atoms with van der Waals surface area (Å²) in [6.45, 7) is 2.92. The molecule has 1 aliphatic rings. The number of aryl methyl sites for hydroxylation is 1. The van der Waals surface area contributed by atoms with Crippen LogP contribution in [0.1, 0.15) is 60.7 Å². The van der Waals surface area contributed by atoms with E-state index in [1.165, 1.54) is 46.9 Å². The lowest BCUT2D eigenvalue weighted by atomic mass is 9.97. The zero-order chi connectivity index (χ0) is 16.1. The minimum Gasteiger partial charge on any atom is -0.351 e. The first-order valence-corrected chi connectivity index (χ1v) is 9.57. The van der Waals surface area contributed by atoms with E-state index in [-0.39, 0.29) is 5.91 Å². The molecule has 0 bridgehead atoms. The molecule has 0 fully saturated rings. The van der Waals surface area contributed by atoms with Crippen molar-refractivity contribution in [3.05, 3.63) is 46.4 Å². The monoisotopic (exact) mass is 327 g/mol. The van der Waals surface area contributed by atoms with Gasteiger partial charge < -0.3 is 5.32 Å². The van der Waals surface area contributed by atoms with Crippen LogP contribution in [-0.4, -0.2) is 12.5 Å². The Bertz CT molecular complexity index is 714. The van der Waals surface area contributed by atoms with Crippen LogP contribution in [0.3, 0.4) is 0 Å². The molecular weight excluding hydrogens is 302 g/mol. The topological polar surface area (TPSA) is 29.1 Å². The number of rotatable bonds is 6. The van der Waals surface area contributed by atoms with Gasteiger partial charge >= 0.3 is 0 Å². The number of nitrogens with one attached hydrogen (secondary N) is 1. The lowest BCUT2D eigenvalue weighted by Crippen LogP contribution is -2.25. The van der Waals surface area contributed by atoms with E-state index in [1.807, 2.05) is 6.07 Å². The molecule has 0 saturated carbocycles. The number of carbonyl (C=O) groups excluding carboxylic acids is 1. The van der Waals surface area contributed by atoms with Crippen LogP contribution >= 0.6 is 11.3 Å². The van der Waals surface area contributed by atoms with Crippen LogP contribution in [0.15, 0.2) is 35.9 Å². The zero-order valence-corrected chi connectivity index (χ0v) is 14.7. The standard InChI is InChI=1S/C20H25NOS/c1-2-8-17-16-11-6-7-12-18(16)23-19(17)20(22)21-14-13-15-9-4-3-5-10-15/h6-7,9,11-12H,2-5,8,10,13-14H2,1H3,(H,21,22). The van der Waals surface area contributed by atoms with Gasteiger partial charge in [-0.05, 0) is 55.5 Å². The lowest BCUT2D eigenvalue weighted by Gasteiger charge is -2.13. The van der Waals surface area contributed by atoms with Crippen molar-refractivity contribution in [2.75, 3.05) is 6.54 Å². The SMILES string of the molecule is CCCc1c(C(=O)NCCC2=CCCCC2)sc2ccccc12. The van der Waals surface area contributed by atoms with Gasteiger partial charge in [0.15, 0.2) is 0 Å². The second-order valence-corrected chi connectivity index (χ2v) is 7.32. The molecule has 0 spiro atoms. The van der Waals surface area contributed by atoms with E-state index in [0.29, 0.717) is 0 Å². The molecule has 2 nitrogen and oxygen atoms in total. The summed E-state index contributed by atoms with van der Waals surface area (Å²) in [5, 5.41) is 4.39. The Morgan fingerprint density at radius 2 is 2.09 bits per heavy atom. The first-order chi connectivity index (χ1) is 11.3. The van der Waals surface area contributed by atoms with Crippen molar-refractivity contribution in [3.63, 3.8) is 0 Å². The molecule has 1 heterocycles. The van der Waals surface area contributed by atoms with Gasteiger partial charge in [-0.15, -0.1) is 11.3 Å². The maximum atomic E-state index is 12.6. The van der Waals surface area contributed by atoms with Crippen molar-refractivity contribution in [1.82, 2.24) is 5.32 Å². The largest absolute Gasteiger partial charge is 0.351 e. The smallest absolute Gasteiger partial charge is 0.261 e. The van der Waals surface area contributed by atoms with Gasteiger partial charge in [0.2, 0.25) is 0 Å². The van der Waals surface area contributed by atoms with E-state index in [1.54, 1.807) is 11.3 Å². The maximum Gasteiger partial charge on any atom is 0.261 e. The maximum absolute atomic E-state index is 12.6. The van der Waals surface area contributed by atoms with Gasteiger partial charge in [-0.3, -0.25) is 4.79 Å². The first-order valence-electron chi connectivity index (χ1n) is 8.76. The summed E-state index contributed by atoms with van der Waals surface area (Å²) in [5.74, 6) is 0.103. The summed E-state index contributed by atoms with van der Waals surface area (Å²) in [4.78, 5) is 13.5. The number of thiophene rings is 1. The highest BCUT2D eigenvalue weighted by Crippen LogP contribution is 2.32. The average molecular weight is 327 g/mol. The fourth-order valence-corrected chi connectivity index (χ4v) is 4.50. The Labute approximate surface area is 142 Å². The predicted molar refractivity (Wildman–Crippen MR) is 99.3 cm³/mol. The molecular formula is C20H25NOS. The molecule has 0 radical (unpaired) electrons. The number of hydrogen-bond acceptors (Lipinski definition) is 2. The van der Waals surface area contributed by atoms with E-state index in [4.69, 9.17) is 0 Å². The van der Waals surface area contributed by atoms with Gasteiger partial charge in [-0.1, -0.05) is 43.2 Å². The van der Waals surface area contributed by atoms with Crippen LogP contribution in [0.5, 0.6) is 0 Å². The Morgan fingerprint density at radius 3 is 2.87 bits per heavy atom. The van der Waals surface area contributed by atoms with Crippen molar-refractivity contribution in [1.29, 1.82) is 0 Å². The second kappa shape index (κ2) is 7.78. The van der Waals surface area contributed by atoms with Gasteiger partial charge in [0.25, 0.3) is 5.91 Å². The molecule has 122 valence electrons. The number of benzene rings is 1. The molecule has 3 heteroatoms. The third kappa shape index (κ3) is 3.84. The zero-order valence-electron chi connectivity index (χ0n) is 13.9. The van der Waals surface area contributed by atoms with E-state index < -0.39 is 0 Å². The average Bonchev–Trinajstić information content (AvgIpc) is 2.95. The molecule has 23 heavy (non-hydrogen) atoms. The van der Waals surface area contributed by atoms with Gasteiger partial charge in [0.05, 0.1) is 4.88 Å². The second-order valence-electron chi connectivity index (χ2n) is 6.27. The lowest BCUT2D eigenvalue weighted by molar-refractivity contribution is 0.0957. The Balaban J connectivity index is 1.70. The van der Waals surface area contributed by atoms with Crippen molar-refractivity contribution in [2.24, 2.45) is 0 Å². The fraction of sp³-hybridized carbons (Fsp3) is 0.450. The minimum atomic E-state index is 0.103. The summed E-state index contributed by atoms with van der Waals surface area (Å²) in [6.07, 6.45) is 10.4. The quantitative estimate of drug-likeness (QED) is 0.700. The number of amides is 1. The van der Waals surface area contributed by atoms with E-state index in [2.05, 4.69) is 36.5 Å². The van der Waals surface area contributed by atoms with Crippen molar-refractivity contribution < 1.29 is 4.79 Å². The Hall–Kier alpha value is -1.61. The van der Waals surface area contributed by atoms with Crippen molar-refractivity contribution in [2.45, 2.75) is 51.9 Å². The van der Waals surface area contributed by atoms with Crippen LogP contribution in [0.2, 0.25) is 0 Å². The molecule has 0 saturated heterocycles. The highest BCUT2D eigenvalue weighted by atomic mass is 32.1. The van der Waals surface area contributed by atoms with Crippen LogP contribution < -0.4 is 5.32 Å². The normalized spacial score (nSPS) is 14.7. The summed E-state index contributed by atoms with van der Waals surface area (Å²) >= 11 is 1.63. The molecule has 1 aromatic heterocycles. The van der Waals surface area contributed by atoms with E-state index >= 15 is 0 Å². The summed E-state index contributed by atoms with van der Waals surface area (Å²) < 4.78 is 1.22. The summed E-state index contributed by atoms with van der Waals surface area (Å²) in [7, 11) is 0. The molecule has 1 aromatic carbocycles. The van der Waals surface area contributed by atoms with Gasteiger partial charge in [-0.25, -0.2) is 0 Å². The van der Waals surface area contributed by atoms with E-state index in [9.17, 15) is 4.79 Å². The summed E-state index contributed by atoms with van der Waals surface area (Å²) in [6, 6.07) is 8.36. The molecule has 3 rings (SSSR count). The van der Waals surface area contributed by atoms with Crippen LogP contribution in [0, 0.1) is 0 Å². The molecule has 1 N–H and O–H groups in total. The Morgan fingerprint density at radius 1 is 1.22 bits per heavy atom. The number of carbonyl (C=O) groups is 1. The predicted octanol–water partition coefficient (Wildman–Crippen LogP) is 5.47. The highest BCUT2D eigenvalue weighted by Gasteiger charge is 2.17. The van der Waals surface area contributed by atoms with Gasteiger partial charge in [0.1, 0.15) is 0 Å². The number of hydrogen-bond donors (Lipinski definition) is 1. The van der Waals surface area contributed by atoms with Crippen molar-refractivity contribution in [3.8, 4) is 0 Å². The van der Waals surface area contributed by atoms with Crippen LogP contribution in [0.4, 0.5) is 0 Å². The molecule has 0 unspecified atom stereocenters. The van der Waals surface area contributed by atoms with Crippen LogP contribution in [-0.2, 0) is 6.42 Å². The van der Waals surface area contributed by atoms with Gasteiger partial charge in [-0.2, -0.15) is 0 Å². The van der Waals surface area contributed by atoms with Gasteiger partial charge in [0, 0.05) is 11.2 Å². The summed E-state index contributed by atoms with van der Waals surface area (Å²) in [5.41, 5.74) is 2.74. The minimum absolute atomic E-state index is 0.103. The molecule has 0 aliphatic heterocycles. The van der Waals surface area contributed by atoms with Crippen molar-refractivity contribution >= 4 is 27.3 Å². The van der Waals surface area contributed by atoms with Crippen LogP contribution in [0.25, 0.3) is 10.1 Å². The molecule has 1 aliphatic carbocycles. The molecule has 1 amide bonds. The number of fused-ring (bicyclic) bond motifs is 1. The first kappa shape index (κ1) is 16.3. The fourth-order valence-electron chi connectivity index (χ4n) is 3.33. The molecule has 2 aromatic rings. The highest BCUT2D eigenvalue weighted by molar-refractivity contribution is 7.21. The van der Waals surface area contributed by atoms with E-state index in [0.717, 1.165) is 30.7 Å². The number of allylic oxidation sites excluding steroid dienone is 1. The Kier molecular flexibility index (Phi) is 5.50. The molecule has 0 atom stereocenters. The third-order valence-corrected chi connectivity index (χ3v) is 5.73. The third-order valence-electron chi connectivity index (χ3n) is 4.52.